The maximum absolute atomic E-state index is 13.1. The van der Waals surface area contributed by atoms with Gasteiger partial charge in [0.2, 0.25) is 0 Å². The van der Waals surface area contributed by atoms with Crippen LogP contribution in [-0.2, 0) is 65.4 Å². The Morgan fingerprint density at radius 2 is 0.489 bits per heavy atom. The number of esters is 4. The minimum atomic E-state index is -4.96. The summed E-state index contributed by atoms with van der Waals surface area (Å²) in [5.74, 6) is -0.540. The second-order valence-corrected chi connectivity index (χ2v) is 30.9. The highest BCUT2D eigenvalue weighted by molar-refractivity contribution is 7.47. The van der Waals surface area contributed by atoms with E-state index in [1.807, 2.05) is 0 Å². The zero-order valence-electron chi connectivity index (χ0n) is 61.3. The van der Waals surface area contributed by atoms with Gasteiger partial charge in [-0.05, 0) is 37.5 Å². The van der Waals surface area contributed by atoms with Gasteiger partial charge in [-0.15, -0.1) is 0 Å². The third-order valence-electron chi connectivity index (χ3n) is 17.5. The third kappa shape index (κ3) is 68.6. The summed E-state index contributed by atoms with van der Waals surface area (Å²) in [6, 6.07) is 0. The largest absolute Gasteiger partial charge is 0.472 e. The lowest BCUT2D eigenvalue weighted by Gasteiger charge is -2.21. The number of carbonyl (C=O) groups is 4. The molecule has 0 heterocycles. The minimum absolute atomic E-state index is 0.108. The molecule has 0 aliphatic heterocycles. The topological polar surface area (TPSA) is 237 Å². The van der Waals surface area contributed by atoms with Crippen molar-refractivity contribution < 1.29 is 80.2 Å². The normalized spacial score (nSPS) is 14.0. The van der Waals surface area contributed by atoms with E-state index in [1.165, 1.54) is 193 Å². The van der Waals surface area contributed by atoms with Crippen LogP contribution < -0.4 is 0 Å². The number of phosphoric acid groups is 2. The van der Waals surface area contributed by atoms with Crippen LogP contribution in [0.5, 0.6) is 0 Å². The standard InChI is InChI=1S/C75H146O17P2/c1-7-9-11-13-15-16-17-18-24-29-35-41-47-53-59-74(79)91-70(63-85-72(77)57-51-45-37-14-12-10-8-2)65-89-93(81,82)87-61-69(76)62-88-94(83,84)90-66-71(64-86-73(78)58-52-46-40-34-31-26-28-33-39-44-50-56-68(5)6)92-75(80)60-54-48-42-36-30-25-22-20-19-21-23-27-32-38-43-49-55-67(3)4/h67-71,76H,7-66H2,1-6H3,(H,81,82)(H,83,84)/t69-,70+,71+/m0/s1. The fraction of sp³-hybridized carbons (Fsp3) is 0.947. The van der Waals surface area contributed by atoms with E-state index in [0.29, 0.717) is 25.7 Å². The van der Waals surface area contributed by atoms with Crippen molar-refractivity contribution in [1.29, 1.82) is 0 Å². The number of hydrogen-bond acceptors (Lipinski definition) is 15. The van der Waals surface area contributed by atoms with Crippen LogP contribution >= 0.6 is 15.6 Å². The molecule has 2 unspecified atom stereocenters. The number of phosphoric ester groups is 2. The van der Waals surface area contributed by atoms with Gasteiger partial charge in [-0.25, -0.2) is 9.13 Å². The van der Waals surface area contributed by atoms with E-state index in [1.54, 1.807) is 0 Å². The van der Waals surface area contributed by atoms with Crippen molar-refractivity contribution in [2.45, 2.75) is 407 Å². The Balaban J connectivity index is 5.19. The summed E-state index contributed by atoms with van der Waals surface area (Å²) < 4.78 is 68.4. The second kappa shape index (κ2) is 66.9. The molecule has 0 rings (SSSR count). The maximum Gasteiger partial charge on any atom is 0.472 e. The Labute approximate surface area is 575 Å². The summed E-state index contributed by atoms with van der Waals surface area (Å²) in [4.78, 5) is 72.6. The summed E-state index contributed by atoms with van der Waals surface area (Å²) in [5, 5.41) is 10.6. The molecule has 0 saturated carbocycles. The molecule has 0 fully saturated rings. The van der Waals surface area contributed by atoms with Crippen molar-refractivity contribution in [2.24, 2.45) is 11.8 Å². The van der Waals surface area contributed by atoms with E-state index < -0.39 is 97.5 Å². The lowest BCUT2D eigenvalue weighted by Crippen LogP contribution is -2.30. The van der Waals surface area contributed by atoms with Gasteiger partial charge >= 0.3 is 39.5 Å². The lowest BCUT2D eigenvalue weighted by atomic mass is 10.0. The van der Waals surface area contributed by atoms with Crippen molar-refractivity contribution >= 4 is 39.5 Å². The molecule has 0 aliphatic rings. The molecule has 0 spiro atoms. The zero-order valence-corrected chi connectivity index (χ0v) is 63.1. The highest BCUT2D eigenvalue weighted by Crippen LogP contribution is 2.45. The van der Waals surface area contributed by atoms with E-state index in [4.69, 9.17) is 37.0 Å². The van der Waals surface area contributed by atoms with Crippen molar-refractivity contribution in [2.75, 3.05) is 39.6 Å². The number of hydrogen-bond donors (Lipinski definition) is 3. The van der Waals surface area contributed by atoms with E-state index in [-0.39, 0.29) is 25.7 Å². The fourth-order valence-corrected chi connectivity index (χ4v) is 13.1. The average molecular weight is 1380 g/mol. The Morgan fingerprint density at radius 3 is 0.723 bits per heavy atom. The summed E-state index contributed by atoms with van der Waals surface area (Å²) in [5.41, 5.74) is 0. The number of ether oxygens (including phenoxy) is 4. The molecule has 0 aliphatic carbocycles. The highest BCUT2D eigenvalue weighted by atomic mass is 31.2. The number of unbranched alkanes of at least 4 members (excludes halogenated alkanes) is 44. The van der Waals surface area contributed by atoms with E-state index >= 15 is 0 Å². The first-order chi connectivity index (χ1) is 45.4. The Kier molecular flexibility index (Phi) is 65.5. The molecule has 0 aromatic carbocycles. The lowest BCUT2D eigenvalue weighted by molar-refractivity contribution is -0.161. The predicted molar refractivity (Wildman–Crippen MR) is 381 cm³/mol. The smallest absolute Gasteiger partial charge is 0.462 e. The number of aliphatic hydroxyl groups is 1. The van der Waals surface area contributed by atoms with Crippen molar-refractivity contribution in [3.63, 3.8) is 0 Å². The number of carbonyl (C=O) groups excluding carboxylic acids is 4. The number of aliphatic hydroxyl groups excluding tert-OH is 1. The molecule has 94 heavy (non-hydrogen) atoms. The highest BCUT2D eigenvalue weighted by Gasteiger charge is 2.30. The summed E-state index contributed by atoms with van der Waals surface area (Å²) in [6.45, 7) is 9.59. The molecule has 558 valence electrons. The molecule has 17 nitrogen and oxygen atoms in total. The first kappa shape index (κ1) is 92.1. The zero-order chi connectivity index (χ0) is 69.3. The third-order valence-corrected chi connectivity index (χ3v) is 19.4. The van der Waals surface area contributed by atoms with Gasteiger partial charge < -0.3 is 33.8 Å². The van der Waals surface area contributed by atoms with Crippen LogP contribution in [0.1, 0.15) is 388 Å². The molecule has 3 N–H and O–H groups in total. The van der Waals surface area contributed by atoms with Crippen molar-refractivity contribution in [1.82, 2.24) is 0 Å². The minimum Gasteiger partial charge on any atom is -0.462 e. The monoisotopic (exact) mass is 1380 g/mol. The Morgan fingerprint density at radius 1 is 0.287 bits per heavy atom. The molecule has 0 amide bonds. The molecule has 19 heteroatoms. The van der Waals surface area contributed by atoms with Crippen LogP contribution in [0.4, 0.5) is 0 Å². The molecular weight excluding hydrogens is 1230 g/mol. The van der Waals surface area contributed by atoms with Gasteiger partial charge in [0.25, 0.3) is 0 Å². The Bertz CT molecular complexity index is 1820. The van der Waals surface area contributed by atoms with E-state index in [9.17, 15) is 43.2 Å². The predicted octanol–water partition coefficient (Wildman–Crippen LogP) is 21.9. The van der Waals surface area contributed by atoms with Crippen molar-refractivity contribution in [3.8, 4) is 0 Å². The van der Waals surface area contributed by atoms with Crippen LogP contribution in [0.3, 0.4) is 0 Å². The Hall–Kier alpha value is -1.94. The molecule has 0 aromatic rings. The van der Waals surface area contributed by atoms with Crippen LogP contribution in [0.25, 0.3) is 0 Å². The fourth-order valence-electron chi connectivity index (χ4n) is 11.5. The summed E-state index contributed by atoms with van der Waals surface area (Å²) in [6.07, 6.45) is 54.2. The van der Waals surface area contributed by atoms with Gasteiger partial charge in [0.15, 0.2) is 12.2 Å². The first-order valence-electron chi connectivity index (χ1n) is 39.0. The maximum atomic E-state index is 13.1. The van der Waals surface area contributed by atoms with Crippen LogP contribution in [0, 0.1) is 11.8 Å². The van der Waals surface area contributed by atoms with Gasteiger partial charge in [-0.1, -0.05) is 337 Å². The summed E-state index contributed by atoms with van der Waals surface area (Å²) in [7, 11) is -9.90. The van der Waals surface area contributed by atoms with Crippen LogP contribution in [-0.4, -0.2) is 96.7 Å². The van der Waals surface area contributed by atoms with Gasteiger partial charge in [-0.3, -0.25) is 37.3 Å². The first-order valence-corrected chi connectivity index (χ1v) is 42.0. The second-order valence-electron chi connectivity index (χ2n) is 28.0. The van der Waals surface area contributed by atoms with Gasteiger partial charge in [0, 0.05) is 25.7 Å². The molecular formula is C75H146O17P2. The molecule has 5 atom stereocenters. The molecule has 0 radical (unpaired) electrons. The van der Waals surface area contributed by atoms with Crippen LogP contribution in [0.15, 0.2) is 0 Å². The average Bonchev–Trinajstić information content (AvgIpc) is 1.48. The van der Waals surface area contributed by atoms with E-state index in [0.717, 1.165) is 115 Å². The number of rotatable bonds is 74. The SMILES string of the molecule is CCCCCCCCCCCCCCCCC(=O)O[C@H](COC(=O)CCCCCCCCC)COP(=O)(O)OC[C@H](O)COP(=O)(O)OC[C@@H](COC(=O)CCCCCCCCCCCCCC(C)C)OC(=O)CCCCCCCCCCCCCCCCCCC(C)C. The molecule has 0 aromatic heterocycles. The van der Waals surface area contributed by atoms with Gasteiger partial charge in [-0.2, -0.15) is 0 Å². The summed E-state index contributed by atoms with van der Waals surface area (Å²) >= 11 is 0. The quantitative estimate of drug-likeness (QED) is 0.0222. The van der Waals surface area contributed by atoms with Crippen LogP contribution in [0.2, 0.25) is 0 Å². The molecule has 0 bridgehead atoms. The van der Waals surface area contributed by atoms with Gasteiger partial charge in [0.1, 0.15) is 19.3 Å². The van der Waals surface area contributed by atoms with E-state index in [2.05, 4.69) is 41.5 Å². The molecule has 0 saturated heterocycles. The van der Waals surface area contributed by atoms with Crippen molar-refractivity contribution in [3.05, 3.63) is 0 Å². The van der Waals surface area contributed by atoms with Gasteiger partial charge in [0.05, 0.1) is 26.4 Å².